The van der Waals surface area contributed by atoms with E-state index in [-0.39, 0.29) is 11.2 Å². The summed E-state index contributed by atoms with van der Waals surface area (Å²) >= 11 is 8.28. The second-order valence-corrected chi connectivity index (χ2v) is 6.45. The minimum atomic E-state index is -0.190. The highest BCUT2D eigenvalue weighted by molar-refractivity contribution is 7.12. The van der Waals surface area contributed by atoms with Gasteiger partial charge in [-0.15, -0.1) is 22.9 Å². The van der Waals surface area contributed by atoms with Crippen molar-refractivity contribution in [2.75, 3.05) is 0 Å². The average molecular weight is 281 g/mol. The highest BCUT2D eigenvalue weighted by Crippen LogP contribution is 2.37. The molecule has 2 aromatic rings. The molecule has 18 heavy (non-hydrogen) atoms. The zero-order chi connectivity index (χ0) is 12.5. The molecule has 3 heteroatoms. The van der Waals surface area contributed by atoms with Crippen molar-refractivity contribution in [3.63, 3.8) is 0 Å². The first-order chi connectivity index (χ1) is 8.72. The maximum atomic E-state index is 13.1. The number of rotatable bonds is 3. The Labute approximate surface area is 115 Å². The molecule has 0 radical (unpaired) electrons. The van der Waals surface area contributed by atoms with E-state index in [0.717, 1.165) is 5.56 Å². The molecule has 1 unspecified atom stereocenters. The predicted octanol–water partition coefficient (Wildman–Crippen LogP) is 4.90. The summed E-state index contributed by atoms with van der Waals surface area (Å²) < 4.78 is 13.1. The van der Waals surface area contributed by atoms with Crippen LogP contribution in [0.25, 0.3) is 0 Å². The molecule has 0 fully saturated rings. The van der Waals surface area contributed by atoms with Crippen LogP contribution in [-0.2, 0) is 19.3 Å². The van der Waals surface area contributed by atoms with Gasteiger partial charge in [0.2, 0.25) is 0 Å². The van der Waals surface area contributed by atoms with Gasteiger partial charge in [0.15, 0.2) is 0 Å². The lowest BCUT2D eigenvalue weighted by molar-refractivity contribution is 0.625. The molecular formula is C15H14ClFS. The molecule has 0 saturated carbocycles. The van der Waals surface area contributed by atoms with Crippen molar-refractivity contribution in [3.05, 3.63) is 57.0 Å². The van der Waals surface area contributed by atoms with Crippen LogP contribution in [0.5, 0.6) is 0 Å². The summed E-state index contributed by atoms with van der Waals surface area (Å²) in [4.78, 5) is 2.72. The van der Waals surface area contributed by atoms with Crippen LogP contribution in [0.2, 0.25) is 0 Å². The maximum absolute atomic E-state index is 13.1. The fourth-order valence-electron chi connectivity index (χ4n) is 2.48. The van der Waals surface area contributed by atoms with Gasteiger partial charge in [-0.3, -0.25) is 0 Å². The Morgan fingerprint density at radius 1 is 1.28 bits per heavy atom. The van der Waals surface area contributed by atoms with Crippen LogP contribution in [0.15, 0.2) is 30.3 Å². The number of hydrogen-bond donors (Lipinski definition) is 0. The molecule has 1 aliphatic rings. The Morgan fingerprint density at radius 2 is 2.17 bits per heavy atom. The molecule has 1 aliphatic carbocycles. The van der Waals surface area contributed by atoms with Crippen molar-refractivity contribution in [1.82, 2.24) is 0 Å². The molecular weight excluding hydrogens is 267 g/mol. The fraction of sp³-hybridized carbons (Fsp3) is 0.333. The van der Waals surface area contributed by atoms with Crippen LogP contribution in [0.3, 0.4) is 0 Å². The summed E-state index contributed by atoms with van der Waals surface area (Å²) in [6.45, 7) is 0. The van der Waals surface area contributed by atoms with Gasteiger partial charge in [-0.05, 0) is 55.0 Å². The number of benzene rings is 1. The molecule has 0 nitrogen and oxygen atoms in total. The lowest BCUT2D eigenvalue weighted by atomic mass is 10.1. The van der Waals surface area contributed by atoms with Gasteiger partial charge in [-0.25, -0.2) is 4.39 Å². The van der Waals surface area contributed by atoms with Crippen LogP contribution in [-0.4, -0.2) is 0 Å². The molecule has 3 rings (SSSR count). The van der Waals surface area contributed by atoms with Crippen LogP contribution in [0.4, 0.5) is 4.39 Å². The number of alkyl halides is 1. The van der Waals surface area contributed by atoms with Crippen molar-refractivity contribution >= 4 is 22.9 Å². The van der Waals surface area contributed by atoms with E-state index in [1.165, 1.54) is 40.6 Å². The normalized spacial score (nSPS) is 15.7. The number of thiophene rings is 1. The molecule has 0 amide bonds. The SMILES string of the molecule is Fc1cccc(CC(Cl)c2cc3c(s2)CCC3)c1. The van der Waals surface area contributed by atoms with Crippen molar-refractivity contribution in [2.24, 2.45) is 0 Å². The second kappa shape index (κ2) is 5.02. The summed E-state index contributed by atoms with van der Waals surface area (Å²) in [5.41, 5.74) is 2.43. The second-order valence-electron chi connectivity index (χ2n) is 4.75. The first-order valence-electron chi connectivity index (χ1n) is 6.22. The van der Waals surface area contributed by atoms with E-state index in [9.17, 15) is 4.39 Å². The molecule has 0 saturated heterocycles. The van der Waals surface area contributed by atoms with E-state index in [0.29, 0.717) is 6.42 Å². The van der Waals surface area contributed by atoms with Crippen LogP contribution < -0.4 is 0 Å². The summed E-state index contributed by atoms with van der Waals surface area (Å²) in [5, 5.41) is -0.0394. The van der Waals surface area contributed by atoms with Crippen molar-refractivity contribution < 1.29 is 4.39 Å². The Balaban J connectivity index is 1.76. The van der Waals surface area contributed by atoms with Gasteiger partial charge in [-0.2, -0.15) is 0 Å². The van der Waals surface area contributed by atoms with Gasteiger partial charge in [-0.1, -0.05) is 12.1 Å². The minimum absolute atomic E-state index is 0.0394. The van der Waals surface area contributed by atoms with Gasteiger partial charge >= 0.3 is 0 Å². The number of aryl methyl sites for hydroxylation is 2. The molecule has 1 aromatic carbocycles. The van der Waals surface area contributed by atoms with Crippen molar-refractivity contribution in [2.45, 2.75) is 31.1 Å². The quantitative estimate of drug-likeness (QED) is 0.702. The summed E-state index contributed by atoms with van der Waals surface area (Å²) in [6.07, 6.45) is 4.36. The topological polar surface area (TPSA) is 0 Å². The van der Waals surface area contributed by atoms with E-state index in [2.05, 4.69) is 6.07 Å². The van der Waals surface area contributed by atoms with Crippen molar-refractivity contribution in [3.8, 4) is 0 Å². The zero-order valence-corrected chi connectivity index (χ0v) is 11.5. The Bertz CT molecular complexity index is 540. The fourth-order valence-corrected chi connectivity index (χ4v) is 4.09. The molecule has 0 bridgehead atoms. The third-order valence-electron chi connectivity index (χ3n) is 3.38. The van der Waals surface area contributed by atoms with Gasteiger partial charge in [0.05, 0.1) is 5.38 Å². The van der Waals surface area contributed by atoms with Gasteiger partial charge < -0.3 is 0 Å². The van der Waals surface area contributed by atoms with E-state index in [1.54, 1.807) is 12.1 Å². The van der Waals surface area contributed by atoms with Gasteiger partial charge in [0.1, 0.15) is 5.82 Å². The summed E-state index contributed by atoms with van der Waals surface area (Å²) in [5.74, 6) is -0.190. The monoisotopic (exact) mass is 280 g/mol. The number of halogens is 2. The molecule has 0 N–H and O–H groups in total. The maximum Gasteiger partial charge on any atom is 0.123 e. The first kappa shape index (κ1) is 12.2. The summed E-state index contributed by atoms with van der Waals surface area (Å²) in [6, 6.07) is 8.94. The van der Waals surface area contributed by atoms with E-state index < -0.39 is 0 Å². The smallest absolute Gasteiger partial charge is 0.123 e. The molecule has 0 spiro atoms. The standard InChI is InChI=1S/C15H14ClFS/c16-13(8-10-3-1-5-12(17)7-10)15-9-11-4-2-6-14(11)18-15/h1,3,5,7,9,13H,2,4,6,8H2. The Hall–Kier alpha value is -0.860. The third-order valence-corrected chi connectivity index (χ3v) is 5.25. The summed E-state index contributed by atoms with van der Waals surface area (Å²) in [7, 11) is 0. The third kappa shape index (κ3) is 2.45. The van der Waals surface area contributed by atoms with E-state index >= 15 is 0 Å². The Morgan fingerprint density at radius 3 is 2.94 bits per heavy atom. The number of hydrogen-bond acceptors (Lipinski definition) is 1. The van der Waals surface area contributed by atoms with Crippen LogP contribution in [0, 0.1) is 5.82 Å². The average Bonchev–Trinajstić information content (AvgIpc) is 2.88. The molecule has 0 aliphatic heterocycles. The minimum Gasteiger partial charge on any atom is -0.207 e. The molecule has 1 atom stereocenters. The molecule has 1 aromatic heterocycles. The van der Waals surface area contributed by atoms with E-state index in [4.69, 9.17) is 11.6 Å². The zero-order valence-electron chi connectivity index (χ0n) is 9.96. The van der Waals surface area contributed by atoms with Crippen molar-refractivity contribution in [1.29, 1.82) is 0 Å². The van der Waals surface area contributed by atoms with E-state index in [1.807, 2.05) is 17.4 Å². The highest BCUT2D eigenvalue weighted by atomic mass is 35.5. The number of fused-ring (bicyclic) bond motifs is 1. The lowest BCUT2D eigenvalue weighted by Crippen LogP contribution is -1.94. The van der Waals surface area contributed by atoms with Gasteiger partial charge in [0, 0.05) is 9.75 Å². The molecule has 1 heterocycles. The van der Waals surface area contributed by atoms with Crippen LogP contribution >= 0.6 is 22.9 Å². The van der Waals surface area contributed by atoms with Crippen LogP contribution in [0.1, 0.15) is 32.7 Å². The molecule has 94 valence electrons. The first-order valence-corrected chi connectivity index (χ1v) is 7.47. The largest absolute Gasteiger partial charge is 0.207 e. The lowest BCUT2D eigenvalue weighted by Gasteiger charge is -2.07. The predicted molar refractivity (Wildman–Crippen MR) is 75.0 cm³/mol. The van der Waals surface area contributed by atoms with Gasteiger partial charge in [0.25, 0.3) is 0 Å². The Kier molecular flexibility index (Phi) is 3.40. The highest BCUT2D eigenvalue weighted by Gasteiger charge is 2.19.